The molecule has 42 valence electrons. The standard InChI is InChI=1S/Dy.4FH.Zr/h;4*1H;/q;;;;;+4/p-4. The number of hydrogen-bond acceptors (Lipinski definition) is 0. The summed E-state index contributed by atoms with van der Waals surface area (Å²) in [6.07, 6.45) is 0. The molecule has 0 N–H and O–H groups in total. The Morgan fingerprint density at radius 3 is 0.833 bits per heavy atom. The fourth-order valence-corrected chi connectivity index (χ4v) is 0. The summed E-state index contributed by atoms with van der Waals surface area (Å²) < 4.78 is 39.6. The van der Waals surface area contributed by atoms with Gasteiger partial charge in [0.25, 0.3) is 0 Å². The zero-order chi connectivity index (χ0) is 4.50. The Labute approximate surface area is 70.2 Å². The Morgan fingerprint density at radius 2 is 0.833 bits per heavy atom. The molecule has 0 aliphatic carbocycles. The van der Waals surface area contributed by atoms with Crippen LogP contribution in [0.25, 0.3) is 0 Å². The van der Waals surface area contributed by atoms with Crippen molar-refractivity contribution in [2.75, 3.05) is 0 Å². The average molecular weight is 330 g/mol. The molecule has 6 heavy (non-hydrogen) atoms. The van der Waals surface area contributed by atoms with Gasteiger partial charge in [0, 0.05) is 38.2 Å². The monoisotopic (exact) mass is 330 g/mol. The first kappa shape index (κ1) is 10.8. The molecule has 0 fully saturated rings. The molecular weight excluding hydrogens is 330 g/mol. The van der Waals surface area contributed by atoms with Crippen molar-refractivity contribution in [3.05, 3.63) is 0 Å². The molecule has 0 atom stereocenters. The van der Waals surface area contributed by atoms with Gasteiger partial charge in [0.05, 0.1) is 0 Å². The van der Waals surface area contributed by atoms with Crippen molar-refractivity contribution in [3.8, 4) is 0 Å². The molecule has 6 heteroatoms. The summed E-state index contributed by atoms with van der Waals surface area (Å²) in [5, 5.41) is 0. The van der Waals surface area contributed by atoms with Crippen LogP contribution in [0.1, 0.15) is 0 Å². The topological polar surface area (TPSA) is 0 Å². The summed E-state index contributed by atoms with van der Waals surface area (Å²) in [6.45, 7) is 0. The zero-order valence-electron chi connectivity index (χ0n) is 2.33. The van der Waals surface area contributed by atoms with E-state index < -0.39 is 22.7 Å². The molecule has 0 amide bonds. The van der Waals surface area contributed by atoms with E-state index in [-0.39, 0.29) is 38.2 Å². The SMILES string of the molecule is [Dy].[F][Zr]([F])([F])[F]. The van der Waals surface area contributed by atoms with Crippen LogP contribution in [-0.2, 0) is 22.7 Å². The molecule has 0 radical (unpaired) electrons. The summed E-state index contributed by atoms with van der Waals surface area (Å²) in [6, 6.07) is 0. The summed E-state index contributed by atoms with van der Waals surface area (Å²) in [5.74, 6) is 0. The molecule has 0 aromatic heterocycles. The normalized spacial score (nSPS) is 10.0. The quantitative estimate of drug-likeness (QED) is 0.593. The van der Waals surface area contributed by atoms with Gasteiger partial charge in [0.2, 0.25) is 0 Å². The molecule has 0 heterocycles. The molecule has 0 aromatic carbocycles. The van der Waals surface area contributed by atoms with Crippen molar-refractivity contribution in [2.24, 2.45) is 0 Å². The van der Waals surface area contributed by atoms with Gasteiger partial charge in [-0.05, 0) is 0 Å². The van der Waals surface area contributed by atoms with E-state index in [1.165, 1.54) is 0 Å². The van der Waals surface area contributed by atoms with E-state index >= 15 is 0 Å². The van der Waals surface area contributed by atoms with Crippen molar-refractivity contribution >= 4 is 0 Å². The van der Waals surface area contributed by atoms with E-state index in [1.54, 1.807) is 0 Å². The molecule has 0 rings (SSSR count). The van der Waals surface area contributed by atoms with Crippen LogP contribution in [-0.4, -0.2) is 0 Å². The molecule has 0 unspecified atom stereocenters. The Hall–Kier alpha value is 1.88. The average Bonchev–Trinajstić information content (AvgIpc) is 0.722. The minimum atomic E-state index is -7.18. The molecule has 0 aromatic rings. The maximum absolute atomic E-state index is 9.90. The van der Waals surface area contributed by atoms with Gasteiger partial charge >= 0.3 is 33.2 Å². The molecule has 0 saturated heterocycles. The predicted molar refractivity (Wildman–Crippen MR) is 4.43 cm³/mol. The number of rotatable bonds is 0. The van der Waals surface area contributed by atoms with Gasteiger partial charge in [-0.25, -0.2) is 0 Å². The van der Waals surface area contributed by atoms with Gasteiger partial charge in [-0.1, -0.05) is 0 Å². The fraction of sp³-hybridized carbons (Fsp3) is 0. The van der Waals surface area contributed by atoms with Gasteiger partial charge in [0.15, 0.2) is 0 Å². The third-order valence-electron chi connectivity index (χ3n) is 0. The Balaban J connectivity index is 0. The predicted octanol–water partition coefficient (Wildman–Crippen LogP) is 1.68. The van der Waals surface area contributed by atoms with Crippen LogP contribution in [0.3, 0.4) is 0 Å². The van der Waals surface area contributed by atoms with Crippen molar-refractivity contribution in [1.29, 1.82) is 0 Å². The minimum absolute atomic E-state index is 0. The van der Waals surface area contributed by atoms with Crippen LogP contribution < -0.4 is 0 Å². The summed E-state index contributed by atoms with van der Waals surface area (Å²) in [7, 11) is 0. The molecule has 0 spiro atoms. The summed E-state index contributed by atoms with van der Waals surface area (Å²) in [5.41, 5.74) is 0. The summed E-state index contributed by atoms with van der Waals surface area (Å²) in [4.78, 5) is 0. The van der Waals surface area contributed by atoms with Crippen LogP contribution in [0.4, 0.5) is 10.5 Å². The molecule has 0 nitrogen and oxygen atoms in total. The van der Waals surface area contributed by atoms with Crippen LogP contribution in [0.5, 0.6) is 0 Å². The number of halogens is 4. The first-order valence-corrected chi connectivity index (χ1v) is 4.47. The van der Waals surface area contributed by atoms with Crippen molar-refractivity contribution < 1.29 is 71.4 Å². The second kappa shape index (κ2) is 3.83. The van der Waals surface area contributed by atoms with Gasteiger partial charge < -0.3 is 0 Å². The maximum atomic E-state index is 9.90. The van der Waals surface area contributed by atoms with Crippen LogP contribution >= 0.6 is 0 Å². The van der Waals surface area contributed by atoms with Gasteiger partial charge in [-0.2, -0.15) is 0 Å². The second-order valence-electron chi connectivity index (χ2n) is 0.429. The third kappa shape index (κ3) is 39.7. The molecule has 0 aliphatic heterocycles. The first-order valence-electron chi connectivity index (χ1n) is 0.756. The van der Waals surface area contributed by atoms with E-state index in [4.69, 9.17) is 0 Å². The van der Waals surface area contributed by atoms with E-state index in [2.05, 4.69) is 0 Å². The molecule has 0 aliphatic rings. The van der Waals surface area contributed by atoms with Gasteiger partial charge in [-0.3, -0.25) is 0 Å². The van der Waals surface area contributed by atoms with Crippen molar-refractivity contribution in [1.82, 2.24) is 0 Å². The Bertz CT molecular complexity index is 23.0. The Kier molecular flexibility index (Phi) is 6.88. The van der Waals surface area contributed by atoms with Crippen LogP contribution in [0.2, 0.25) is 0 Å². The molecular formula is DyF4Zr. The number of hydrogen-bond donors (Lipinski definition) is 0. The molecule has 0 saturated carbocycles. The van der Waals surface area contributed by atoms with Crippen molar-refractivity contribution in [2.45, 2.75) is 0 Å². The Morgan fingerprint density at radius 1 is 0.833 bits per heavy atom. The van der Waals surface area contributed by atoms with E-state index in [1.807, 2.05) is 0 Å². The van der Waals surface area contributed by atoms with Gasteiger partial charge in [0.1, 0.15) is 0 Å². The molecule has 0 bridgehead atoms. The van der Waals surface area contributed by atoms with E-state index in [0.717, 1.165) is 0 Å². The van der Waals surface area contributed by atoms with Crippen molar-refractivity contribution in [3.63, 3.8) is 0 Å². The third-order valence-corrected chi connectivity index (χ3v) is 0. The fourth-order valence-electron chi connectivity index (χ4n) is 0. The second-order valence-corrected chi connectivity index (χ2v) is 2.54. The van der Waals surface area contributed by atoms with Crippen LogP contribution in [0, 0.1) is 38.2 Å². The van der Waals surface area contributed by atoms with E-state index in [0.29, 0.717) is 0 Å². The van der Waals surface area contributed by atoms with Crippen LogP contribution in [0.15, 0.2) is 0 Å². The van der Waals surface area contributed by atoms with E-state index in [9.17, 15) is 10.5 Å². The summed E-state index contributed by atoms with van der Waals surface area (Å²) >= 11 is -7.18. The first-order chi connectivity index (χ1) is 2.00. The zero-order valence-corrected chi connectivity index (χ0v) is 6.82. The van der Waals surface area contributed by atoms with Gasteiger partial charge in [-0.15, -0.1) is 0 Å².